The topological polar surface area (TPSA) is 106 Å². The number of hydrogen-bond acceptors (Lipinski definition) is 5. The smallest absolute Gasteiger partial charge is 0.238 e. The van der Waals surface area contributed by atoms with Crippen LogP contribution in [0, 0.1) is 0 Å². The molecule has 0 radical (unpaired) electrons. The molecule has 0 saturated carbocycles. The molecule has 30 heavy (non-hydrogen) atoms. The quantitative estimate of drug-likeness (QED) is 0.516. The number of carbonyl (C=O) groups excluding carboxylic acids is 1. The Labute approximate surface area is 176 Å². The van der Waals surface area contributed by atoms with Crippen LogP contribution < -0.4 is 10.5 Å². The van der Waals surface area contributed by atoms with E-state index in [1.165, 1.54) is 12.1 Å². The Balaban J connectivity index is 1.52. The summed E-state index contributed by atoms with van der Waals surface area (Å²) >= 11 is 0. The van der Waals surface area contributed by atoms with Gasteiger partial charge in [-0.2, -0.15) is 0 Å². The highest BCUT2D eigenvalue weighted by Crippen LogP contribution is 2.11. The van der Waals surface area contributed by atoms with Crippen LogP contribution in [-0.2, 0) is 34.3 Å². The first-order valence-electron chi connectivity index (χ1n) is 9.57. The summed E-state index contributed by atoms with van der Waals surface area (Å²) in [5.41, 5.74) is 2.03. The molecule has 0 atom stereocenters. The maximum atomic E-state index is 12.5. The molecular weight excluding hydrogens is 402 g/mol. The minimum Gasteiger partial charge on any atom is -0.468 e. The van der Waals surface area contributed by atoms with Gasteiger partial charge >= 0.3 is 0 Å². The van der Waals surface area contributed by atoms with Crippen molar-refractivity contribution >= 4 is 15.9 Å². The Kier molecular flexibility index (Phi) is 7.40. The summed E-state index contributed by atoms with van der Waals surface area (Å²) in [5.74, 6) is 0.715. The highest BCUT2D eigenvalue weighted by molar-refractivity contribution is 7.89. The molecule has 0 spiro atoms. The number of nitrogens with two attached hydrogens (primary N) is 1. The van der Waals surface area contributed by atoms with Gasteiger partial charge < -0.3 is 9.73 Å². The fourth-order valence-electron chi connectivity index (χ4n) is 3.08. The summed E-state index contributed by atoms with van der Waals surface area (Å²) in [7, 11) is -3.70. The molecule has 0 aliphatic heterocycles. The molecule has 7 nitrogen and oxygen atoms in total. The summed E-state index contributed by atoms with van der Waals surface area (Å²) in [6, 6.07) is 20.0. The lowest BCUT2D eigenvalue weighted by Gasteiger charge is -2.21. The Morgan fingerprint density at radius 3 is 2.30 bits per heavy atom. The number of sulfonamides is 1. The Hall–Kier alpha value is -2.94. The van der Waals surface area contributed by atoms with Crippen LogP contribution in [-0.4, -0.2) is 32.3 Å². The van der Waals surface area contributed by atoms with Crippen molar-refractivity contribution in [1.29, 1.82) is 0 Å². The first-order valence-corrected chi connectivity index (χ1v) is 11.1. The van der Waals surface area contributed by atoms with Gasteiger partial charge in [0.15, 0.2) is 0 Å². The van der Waals surface area contributed by atoms with Crippen molar-refractivity contribution in [2.24, 2.45) is 5.14 Å². The predicted octanol–water partition coefficient (Wildman–Crippen LogP) is 2.29. The van der Waals surface area contributed by atoms with E-state index in [4.69, 9.17) is 9.56 Å². The van der Waals surface area contributed by atoms with Crippen LogP contribution in [0.1, 0.15) is 16.9 Å². The zero-order valence-corrected chi connectivity index (χ0v) is 17.3. The molecule has 158 valence electrons. The number of carbonyl (C=O) groups is 1. The number of amides is 1. The second-order valence-electron chi connectivity index (χ2n) is 7.00. The van der Waals surface area contributed by atoms with Gasteiger partial charge in [0.25, 0.3) is 0 Å². The number of nitrogens with zero attached hydrogens (tertiary/aromatic N) is 1. The third-order valence-corrected chi connectivity index (χ3v) is 5.49. The minimum absolute atomic E-state index is 0.0739. The van der Waals surface area contributed by atoms with Crippen LogP contribution in [0.5, 0.6) is 0 Å². The molecule has 1 aromatic heterocycles. The normalized spacial score (nSPS) is 11.5. The van der Waals surface area contributed by atoms with Crippen molar-refractivity contribution in [3.8, 4) is 0 Å². The molecule has 1 heterocycles. The molecule has 2 aromatic carbocycles. The van der Waals surface area contributed by atoms with Gasteiger partial charge in [-0.05, 0) is 41.8 Å². The number of furan rings is 1. The lowest BCUT2D eigenvalue weighted by Crippen LogP contribution is -2.37. The lowest BCUT2D eigenvalue weighted by atomic mass is 10.1. The maximum absolute atomic E-state index is 12.5. The molecule has 3 N–H and O–H groups in total. The average molecular weight is 428 g/mol. The first-order chi connectivity index (χ1) is 14.4. The number of primary sulfonamides is 1. The van der Waals surface area contributed by atoms with Gasteiger partial charge in [0.1, 0.15) is 5.76 Å². The highest BCUT2D eigenvalue weighted by atomic mass is 32.2. The predicted molar refractivity (Wildman–Crippen MR) is 114 cm³/mol. The van der Waals surface area contributed by atoms with Crippen molar-refractivity contribution in [2.75, 3.05) is 13.1 Å². The number of rotatable bonds is 10. The van der Waals surface area contributed by atoms with Gasteiger partial charge in [-0.15, -0.1) is 0 Å². The van der Waals surface area contributed by atoms with Gasteiger partial charge in [0.05, 0.1) is 24.2 Å². The monoisotopic (exact) mass is 427 g/mol. The van der Waals surface area contributed by atoms with Gasteiger partial charge in [-0.25, -0.2) is 13.6 Å². The third kappa shape index (κ3) is 6.84. The van der Waals surface area contributed by atoms with Crippen molar-refractivity contribution < 1.29 is 17.6 Å². The zero-order valence-electron chi connectivity index (χ0n) is 16.5. The molecule has 0 aliphatic rings. The molecule has 3 aromatic rings. The Morgan fingerprint density at radius 1 is 0.933 bits per heavy atom. The minimum atomic E-state index is -3.70. The van der Waals surface area contributed by atoms with E-state index in [0.717, 1.165) is 16.9 Å². The maximum Gasteiger partial charge on any atom is 0.238 e. The van der Waals surface area contributed by atoms with E-state index < -0.39 is 10.0 Å². The molecule has 3 rings (SSSR count). The molecule has 8 heteroatoms. The number of nitrogens with one attached hydrogen (secondary N) is 1. The van der Waals surface area contributed by atoms with E-state index in [2.05, 4.69) is 5.32 Å². The van der Waals surface area contributed by atoms with Gasteiger partial charge in [0.2, 0.25) is 15.9 Å². The summed E-state index contributed by atoms with van der Waals surface area (Å²) in [6.45, 7) is 1.85. The Bertz CT molecular complexity index is 1030. The van der Waals surface area contributed by atoms with E-state index in [1.807, 2.05) is 47.4 Å². The second-order valence-corrected chi connectivity index (χ2v) is 8.56. The summed E-state index contributed by atoms with van der Waals surface area (Å²) in [6.07, 6.45) is 2.21. The van der Waals surface area contributed by atoms with Gasteiger partial charge in [0, 0.05) is 13.1 Å². The molecule has 0 saturated heterocycles. The lowest BCUT2D eigenvalue weighted by molar-refractivity contribution is -0.122. The first kappa shape index (κ1) is 21.8. The van der Waals surface area contributed by atoms with Gasteiger partial charge in [-0.1, -0.05) is 42.5 Å². The molecule has 0 aliphatic carbocycles. The van der Waals surface area contributed by atoms with E-state index in [9.17, 15) is 13.2 Å². The Morgan fingerprint density at radius 2 is 1.67 bits per heavy atom. The van der Waals surface area contributed by atoms with Crippen LogP contribution in [0.3, 0.4) is 0 Å². The van der Waals surface area contributed by atoms with E-state index in [1.54, 1.807) is 18.4 Å². The van der Waals surface area contributed by atoms with E-state index >= 15 is 0 Å². The van der Waals surface area contributed by atoms with E-state index in [-0.39, 0.29) is 17.3 Å². The van der Waals surface area contributed by atoms with Crippen LogP contribution in [0.2, 0.25) is 0 Å². The standard InChI is InChI=1S/C22H25N3O4S/c23-30(27,28)21-10-8-18(9-11-21)12-13-24-22(26)17-25(16-20-7-4-14-29-20)15-19-5-2-1-3-6-19/h1-11,14H,12-13,15-17H2,(H,24,26)(H2,23,27,28). The van der Waals surface area contributed by atoms with Crippen molar-refractivity contribution in [3.63, 3.8) is 0 Å². The van der Waals surface area contributed by atoms with Crippen molar-refractivity contribution in [3.05, 3.63) is 89.9 Å². The molecular formula is C22H25N3O4S. The number of benzene rings is 2. The van der Waals surface area contributed by atoms with Crippen LogP contribution in [0.15, 0.2) is 82.3 Å². The zero-order chi connectivity index (χ0) is 21.4. The fraction of sp³-hybridized carbons (Fsp3) is 0.227. The van der Waals surface area contributed by atoms with E-state index in [0.29, 0.717) is 26.1 Å². The van der Waals surface area contributed by atoms with Gasteiger partial charge in [-0.3, -0.25) is 9.69 Å². The second kappa shape index (κ2) is 10.2. The highest BCUT2D eigenvalue weighted by Gasteiger charge is 2.13. The number of hydrogen-bond donors (Lipinski definition) is 2. The SMILES string of the molecule is NS(=O)(=O)c1ccc(CCNC(=O)CN(Cc2ccccc2)Cc2ccco2)cc1. The largest absolute Gasteiger partial charge is 0.468 e. The average Bonchev–Trinajstić information content (AvgIpc) is 3.21. The molecule has 0 fully saturated rings. The van der Waals surface area contributed by atoms with Crippen LogP contribution in [0.25, 0.3) is 0 Å². The molecule has 1 amide bonds. The van der Waals surface area contributed by atoms with Crippen LogP contribution >= 0.6 is 0 Å². The van der Waals surface area contributed by atoms with Crippen molar-refractivity contribution in [2.45, 2.75) is 24.4 Å². The summed E-state index contributed by atoms with van der Waals surface area (Å²) < 4.78 is 28.0. The van der Waals surface area contributed by atoms with Crippen LogP contribution in [0.4, 0.5) is 0 Å². The fourth-order valence-corrected chi connectivity index (χ4v) is 3.60. The molecule has 0 unspecified atom stereocenters. The third-order valence-electron chi connectivity index (χ3n) is 4.56. The van der Waals surface area contributed by atoms with Crippen molar-refractivity contribution in [1.82, 2.24) is 10.2 Å². The summed E-state index contributed by atoms with van der Waals surface area (Å²) in [5, 5.41) is 8.02. The summed E-state index contributed by atoms with van der Waals surface area (Å²) in [4.78, 5) is 14.6. The molecule has 0 bridgehead atoms.